The Labute approximate surface area is 123 Å². The van der Waals surface area contributed by atoms with Crippen molar-refractivity contribution < 1.29 is 4.79 Å². The third-order valence-electron chi connectivity index (χ3n) is 3.37. The Balaban J connectivity index is 1.99. The van der Waals surface area contributed by atoms with Crippen molar-refractivity contribution in [2.75, 3.05) is 4.90 Å². The molecule has 1 amide bonds. The van der Waals surface area contributed by atoms with Gasteiger partial charge in [-0.3, -0.25) is 9.78 Å². The van der Waals surface area contributed by atoms with Crippen LogP contribution in [0.2, 0.25) is 0 Å². The Morgan fingerprint density at radius 3 is 2.90 bits per heavy atom. The smallest absolute Gasteiger partial charge is 0.240 e. The second kappa shape index (κ2) is 5.29. The maximum Gasteiger partial charge on any atom is 0.240 e. The number of amides is 1. The number of aryl methyl sites for hydroxylation is 1. The Hall–Kier alpha value is -1.81. The van der Waals surface area contributed by atoms with E-state index in [2.05, 4.69) is 18.0 Å². The Bertz CT molecular complexity index is 642. The molecule has 1 aliphatic heterocycles. The quantitative estimate of drug-likeness (QED) is 0.847. The third kappa shape index (κ3) is 2.43. The topological polar surface area (TPSA) is 33.2 Å². The highest BCUT2D eigenvalue weighted by atomic mass is 32.2. The van der Waals surface area contributed by atoms with Gasteiger partial charge < -0.3 is 4.90 Å². The van der Waals surface area contributed by atoms with E-state index in [1.165, 1.54) is 10.5 Å². The number of anilines is 1. The van der Waals surface area contributed by atoms with Gasteiger partial charge in [0.15, 0.2) is 0 Å². The molecule has 0 spiro atoms. The van der Waals surface area contributed by atoms with Gasteiger partial charge in [0.2, 0.25) is 5.91 Å². The molecule has 2 heterocycles. The fourth-order valence-corrected chi connectivity index (χ4v) is 3.50. The minimum absolute atomic E-state index is 0.0481. The summed E-state index contributed by atoms with van der Waals surface area (Å²) in [5.74, 6) is 0.150. The van der Waals surface area contributed by atoms with Gasteiger partial charge in [0, 0.05) is 11.1 Å². The minimum atomic E-state index is -0.0481. The van der Waals surface area contributed by atoms with Crippen molar-refractivity contribution in [2.45, 2.75) is 30.5 Å². The fraction of sp³-hybridized carbons (Fsp3) is 0.250. The van der Waals surface area contributed by atoms with E-state index in [1.54, 1.807) is 18.0 Å². The van der Waals surface area contributed by atoms with Crippen molar-refractivity contribution in [3.8, 4) is 0 Å². The lowest BCUT2D eigenvalue weighted by molar-refractivity contribution is -0.118. The number of benzene rings is 1. The van der Waals surface area contributed by atoms with E-state index in [0.717, 1.165) is 11.4 Å². The summed E-state index contributed by atoms with van der Waals surface area (Å²) in [6.07, 6.45) is 1.76. The van der Waals surface area contributed by atoms with Crippen molar-refractivity contribution in [2.24, 2.45) is 0 Å². The molecule has 0 aliphatic carbocycles. The van der Waals surface area contributed by atoms with Gasteiger partial charge in [-0.2, -0.15) is 0 Å². The standard InChI is InChI=1S/C16H16N2OS/c1-11-6-7-14-15(9-11)20-12(2)16(19)18(14)10-13-5-3-4-8-17-13/h3-9,12H,10H2,1-2H3. The Morgan fingerprint density at radius 1 is 1.30 bits per heavy atom. The Morgan fingerprint density at radius 2 is 2.15 bits per heavy atom. The number of hydrogen-bond acceptors (Lipinski definition) is 3. The average molecular weight is 284 g/mol. The molecule has 1 aromatic carbocycles. The predicted molar refractivity (Wildman–Crippen MR) is 81.9 cm³/mol. The van der Waals surface area contributed by atoms with Gasteiger partial charge in [-0.25, -0.2) is 0 Å². The molecule has 1 unspecified atom stereocenters. The van der Waals surface area contributed by atoms with Crippen LogP contribution in [0.3, 0.4) is 0 Å². The number of nitrogens with zero attached hydrogens (tertiary/aromatic N) is 2. The molecule has 0 fully saturated rings. The number of pyridine rings is 1. The highest BCUT2D eigenvalue weighted by Gasteiger charge is 2.30. The molecule has 0 saturated carbocycles. The predicted octanol–water partition coefficient (Wildman–Crippen LogP) is 3.42. The fourth-order valence-electron chi connectivity index (χ4n) is 2.33. The number of carbonyl (C=O) groups is 1. The molecule has 1 aliphatic rings. The molecule has 102 valence electrons. The summed E-state index contributed by atoms with van der Waals surface area (Å²) in [4.78, 5) is 19.8. The van der Waals surface area contributed by atoms with E-state index >= 15 is 0 Å². The molecule has 20 heavy (non-hydrogen) atoms. The van der Waals surface area contributed by atoms with Crippen LogP contribution in [-0.4, -0.2) is 16.1 Å². The zero-order valence-electron chi connectivity index (χ0n) is 11.5. The lowest BCUT2D eigenvalue weighted by Gasteiger charge is -2.32. The van der Waals surface area contributed by atoms with Crippen LogP contribution in [-0.2, 0) is 11.3 Å². The first kappa shape index (κ1) is 13.2. The van der Waals surface area contributed by atoms with Gasteiger partial charge in [0.1, 0.15) is 0 Å². The van der Waals surface area contributed by atoms with Crippen molar-refractivity contribution in [3.05, 3.63) is 53.9 Å². The molecule has 3 nitrogen and oxygen atoms in total. The summed E-state index contributed by atoms with van der Waals surface area (Å²) >= 11 is 1.64. The van der Waals surface area contributed by atoms with Gasteiger partial charge in [-0.15, -0.1) is 11.8 Å². The highest BCUT2D eigenvalue weighted by Crippen LogP contribution is 2.40. The van der Waals surface area contributed by atoms with Gasteiger partial charge in [0.05, 0.1) is 23.2 Å². The number of aromatic nitrogens is 1. The molecule has 4 heteroatoms. The number of thioether (sulfide) groups is 1. The number of rotatable bonds is 2. The first-order valence-corrected chi connectivity index (χ1v) is 7.52. The van der Waals surface area contributed by atoms with Crippen LogP contribution >= 0.6 is 11.8 Å². The van der Waals surface area contributed by atoms with Crippen LogP contribution in [0.1, 0.15) is 18.2 Å². The van der Waals surface area contributed by atoms with E-state index in [0.29, 0.717) is 6.54 Å². The molecule has 2 aromatic rings. The lowest BCUT2D eigenvalue weighted by atomic mass is 10.2. The zero-order chi connectivity index (χ0) is 14.1. The maximum absolute atomic E-state index is 12.5. The molecular formula is C16H16N2OS. The molecule has 0 saturated heterocycles. The zero-order valence-corrected chi connectivity index (χ0v) is 12.4. The SMILES string of the molecule is Cc1ccc2c(c1)SC(C)C(=O)N2Cc1ccccn1. The maximum atomic E-state index is 12.5. The highest BCUT2D eigenvalue weighted by molar-refractivity contribution is 8.01. The van der Waals surface area contributed by atoms with Crippen LogP contribution < -0.4 is 4.90 Å². The van der Waals surface area contributed by atoms with Crippen LogP contribution in [0.5, 0.6) is 0 Å². The number of carbonyl (C=O) groups excluding carboxylic acids is 1. The van der Waals surface area contributed by atoms with Crippen LogP contribution in [0.4, 0.5) is 5.69 Å². The molecule has 0 radical (unpaired) electrons. The van der Waals surface area contributed by atoms with E-state index < -0.39 is 0 Å². The monoisotopic (exact) mass is 284 g/mol. The molecule has 3 rings (SSSR count). The van der Waals surface area contributed by atoms with Crippen LogP contribution in [0.15, 0.2) is 47.5 Å². The molecule has 0 N–H and O–H groups in total. The van der Waals surface area contributed by atoms with Crippen molar-refractivity contribution in [1.29, 1.82) is 0 Å². The number of fused-ring (bicyclic) bond motifs is 1. The first-order valence-electron chi connectivity index (χ1n) is 6.64. The van der Waals surface area contributed by atoms with E-state index in [1.807, 2.05) is 42.2 Å². The summed E-state index contributed by atoms with van der Waals surface area (Å²) in [6.45, 7) is 4.56. The lowest BCUT2D eigenvalue weighted by Crippen LogP contribution is -2.39. The summed E-state index contributed by atoms with van der Waals surface area (Å²) in [6, 6.07) is 12.0. The molecular weight excluding hydrogens is 268 g/mol. The van der Waals surface area contributed by atoms with E-state index in [-0.39, 0.29) is 11.2 Å². The second-order valence-corrected chi connectivity index (χ2v) is 6.36. The normalized spacial score (nSPS) is 18.0. The largest absolute Gasteiger partial charge is 0.304 e. The van der Waals surface area contributed by atoms with Crippen molar-refractivity contribution in [1.82, 2.24) is 4.98 Å². The van der Waals surface area contributed by atoms with E-state index in [4.69, 9.17) is 0 Å². The van der Waals surface area contributed by atoms with Crippen LogP contribution in [0.25, 0.3) is 0 Å². The van der Waals surface area contributed by atoms with Crippen LogP contribution in [0, 0.1) is 6.92 Å². The third-order valence-corrected chi connectivity index (χ3v) is 4.51. The number of hydrogen-bond donors (Lipinski definition) is 0. The average Bonchev–Trinajstić information content (AvgIpc) is 2.45. The molecule has 1 atom stereocenters. The minimum Gasteiger partial charge on any atom is -0.304 e. The summed E-state index contributed by atoms with van der Waals surface area (Å²) in [5.41, 5.74) is 3.12. The summed E-state index contributed by atoms with van der Waals surface area (Å²) in [5, 5.41) is -0.0481. The van der Waals surface area contributed by atoms with Crippen molar-refractivity contribution >= 4 is 23.4 Å². The summed E-state index contributed by atoms with van der Waals surface area (Å²) < 4.78 is 0. The second-order valence-electron chi connectivity index (χ2n) is 4.98. The molecule has 0 bridgehead atoms. The Kier molecular flexibility index (Phi) is 3.49. The first-order chi connectivity index (χ1) is 9.65. The van der Waals surface area contributed by atoms with Crippen molar-refractivity contribution in [3.63, 3.8) is 0 Å². The van der Waals surface area contributed by atoms with Gasteiger partial charge in [0.25, 0.3) is 0 Å². The molecule has 1 aromatic heterocycles. The van der Waals surface area contributed by atoms with Gasteiger partial charge in [-0.05, 0) is 43.7 Å². The van der Waals surface area contributed by atoms with Gasteiger partial charge >= 0.3 is 0 Å². The van der Waals surface area contributed by atoms with Gasteiger partial charge in [-0.1, -0.05) is 12.1 Å². The summed E-state index contributed by atoms with van der Waals surface area (Å²) in [7, 11) is 0. The van der Waals surface area contributed by atoms with E-state index in [9.17, 15) is 4.79 Å².